The van der Waals surface area contributed by atoms with Gasteiger partial charge in [-0.2, -0.15) is 0 Å². The third-order valence-corrected chi connectivity index (χ3v) is 9.27. The minimum Gasteiger partial charge on any atom is -0.493 e. The third kappa shape index (κ3) is 6.63. The Kier molecular flexibility index (Phi) is 9.47. The van der Waals surface area contributed by atoms with Crippen molar-refractivity contribution in [3.05, 3.63) is 78.5 Å². The average molecular weight is 660 g/mol. The molecule has 0 spiro atoms. The molecule has 3 aromatic carbocycles. The van der Waals surface area contributed by atoms with Crippen molar-refractivity contribution in [1.82, 2.24) is 14.8 Å². The van der Waals surface area contributed by atoms with Crippen LogP contribution in [0, 0.1) is 23.0 Å². The fourth-order valence-electron chi connectivity index (χ4n) is 6.21. The maximum atomic E-state index is 15.7. The lowest BCUT2D eigenvalue weighted by atomic mass is 10.00. The zero-order valence-electron chi connectivity index (χ0n) is 27.2. The first-order valence-electron chi connectivity index (χ1n) is 16.0. The molecule has 48 heavy (non-hydrogen) atoms. The van der Waals surface area contributed by atoms with Crippen molar-refractivity contribution in [1.29, 1.82) is 0 Å². The van der Waals surface area contributed by atoms with E-state index in [1.54, 1.807) is 38.4 Å². The van der Waals surface area contributed by atoms with Crippen LogP contribution < -0.4 is 24.8 Å². The van der Waals surface area contributed by atoms with E-state index in [9.17, 15) is 14.0 Å². The Labute approximate surface area is 278 Å². The molecule has 1 saturated heterocycles. The lowest BCUT2D eigenvalue weighted by Crippen LogP contribution is -2.44. The number of fused-ring (bicyclic) bond motifs is 1. The number of nitrogens with zero attached hydrogens (tertiary/aromatic N) is 4. The largest absolute Gasteiger partial charge is 0.493 e. The van der Waals surface area contributed by atoms with Gasteiger partial charge in [0.05, 0.1) is 24.9 Å². The molecular formula is C36H39F2N5O5. The number of primary amides is 1. The Hall–Kier alpha value is -4.81. The van der Waals surface area contributed by atoms with Crippen LogP contribution in [0.5, 0.6) is 23.0 Å². The number of piperazine rings is 1. The van der Waals surface area contributed by atoms with E-state index in [1.807, 2.05) is 0 Å². The van der Waals surface area contributed by atoms with Gasteiger partial charge in [-0.05, 0) is 74.3 Å². The zero-order valence-corrected chi connectivity index (χ0v) is 27.2. The topological polar surface area (TPSA) is 110 Å². The van der Waals surface area contributed by atoms with Crippen molar-refractivity contribution in [2.45, 2.75) is 19.8 Å². The van der Waals surface area contributed by atoms with Crippen molar-refractivity contribution in [2.75, 3.05) is 58.4 Å². The number of aromatic nitrogens is 1. The summed E-state index contributed by atoms with van der Waals surface area (Å²) in [4.78, 5) is 36.6. The fourth-order valence-corrected chi connectivity index (χ4v) is 6.21. The predicted octanol–water partition coefficient (Wildman–Crippen LogP) is 5.51. The number of carbonyl (C=O) groups is 2. The van der Waals surface area contributed by atoms with Crippen LogP contribution in [0.4, 0.5) is 20.2 Å². The molecule has 2 amide bonds. The van der Waals surface area contributed by atoms with Gasteiger partial charge in [-0.1, -0.05) is 6.92 Å². The molecule has 1 aliphatic heterocycles. The van der Waals surface area contributed by atoms with Crippen LogP contribution in [-0.4, -0.2) is 80.1 Å². The summed E-state index contributed by atoms with van der Waals surface area (Å²) in [6.07, 6.45) is 2.69. The number of carbonyl (C=O) groups excluding carboxylic acids is 2. The van der Waals surface area contributed by atoms with E-state index in [4.69, 9.17) is 19.9 Å². The molecule has 252 valence electrons. The smallest absolute Gasteiger partial charge is 0.247 e. The first-order chi connectivity index (χ1) is 23.1. The van der Waals surface area contributed by atoms with Crippen LogP contribution in [0.2, 0.25) is 0 Å². The second-order valence-corrected chi connectivity index (χ2v) is 12.5. The van der Waals surface area contributed by atoms with Gasteiger partial charge in [0.2, 0.25) is 11.8 Å². The normalized spacial score (nSPS) is 19.6. The second kappa shape index (κ2) is 13.7. The van der Waals surface area contributed by atoms with Gasteiger partial charge < -0.3 is 29.7 Å². The maximum absolute atomic E-state index is 15.7. The molecule has 10 nitrogen and oxygen atoms in total. The molecule has 0 unspecified atom stereocenters. The minimum atomic E-state index is -1.43. The first-order valence-corrected chi connectivity index (χ1v) is 16.0. The van der Waals surface area contributed by atoms with E-state index in [2.05, 4.69) is 21.8 Å². The van der Waals surface area contributed by atoms with Crippen LogP contribution in [-0.2, 0) is 9.59 Å². The third-order valence-electron chi connectivity index (χ3n) is 9.27. The molecule has 0 radical (unpaired) electrons. The average Bonchev–Trinajstić information content (AvgIpc) is 3.78. The number of rotatable bonds is 12. The fraction of sp³-hybridized carbons (Fsp3) is 0.361. The van der Waals surface area contributed by atoms with E-state index in [0.717, 1.165) is 45.2 Å². The van der Waals surface area contributed by atoms with Gasteiger partial charge in [0, 0.05) is 62.1 Å². The first kappa shape index (κ1) is 33.1. The molecular weight excluding hydrogens is 620 g/mol. The molecule has 6 rings (SSSR count). The number of benzene rings is 3. The van der Waals surface area contributed by atoms with Crippen LogP contribution in [0.25, 0.3) is 10.9 Å². The summed E-state index contributed by atoms with van der Waals surface area (Å²) in [7, 11) is 3.68. The van der Waals surface area contributed by atoms with Crippen LogP contribution >= 0.6 is 0 Å². The Morgan fingerprint density at radius 1 is 0.958 bits per heavy atom. The standard InChI is InChI=1S/C36H39F2N5O5/c1-23-22-36(23,34(39)44)35(45)43(25-7-5-24(37)6-8-25)26-9-10-31(28(38)19-26)48-30-11-12-40-29-21-33(32(46-3)20-27(29)30)47-18-4-13-42-16-14-41(2)15-17-42/h5-12,19-21,23H,4,13-18,22H2,1-3H3,(H2,39,44)/t23-,36-/m1/s1. The van der Waals surface area contributed by atoms with Crippen molar-refractivity contribution < 1.29 is 32.6 Å². The Morgan fingerprint density at radius 3 is 2.31 bits per heavy atom. The molecule has 2 heterocycles. The van der Waals surface area contributed by atoms with Crippen molar-refractivity contribution in [2.24, 2.45) is 17.1 Å². The molecule has 2 atom stereocenters. The summed E-state index contributed by atoms with van der Waals surface area (Å²) in [6.45, 7) is 7.44. The Morgan fingerprint density at radius 2 is 1.67 bits per heavy atom. The number of nitrogens with two attached hydrogens (primary N) is 1. The molecule has 1 aromatic heterocycles. The van der Waals surface area contributed by atoms with E-state index >= 15 is 4.39 Å². The highest BCUT2D eigenvalue weighted by Gasteiger charge is 2.64. The molecule has 1 aliphatic carbocycles. The molecule has 2 fully saturated rings. The summed E-state index contributed by atoms with van der Waals surface area (Å²) in [5.41, 5.74) is 5.19. The molecule has 2 N–H and O–H groups in total. The summed E-state index contributed by atoms with van der Waals surface area (Å²) in [6, 6.07) is 14.3. The second-order valence-electron chi connectivity index (χ2n) is 12.5. The minimum absolute atomic E-state index is 0.106. The van der Waals surface area contributed by atoms with Crippen molar-refractivity contribution in [3.8, 4) is 23.0 Å². The van der Waals surface area contributed by atoms with Crippen molar-refractivity contribution >= 4 is 34.1 Å². The summed E-state index contributed by atoms with van der Waals surface area (Å²) >= 11 is 0. The van der Waals surface area contributed by atoms with Gasteiger partial charge in [0.1, 0.15) is 17.0 Å². The van der Waals surface area contributed by atoms with Gasteiger partial charge in [-0.3, -0.25) is 19.5 Å². The Balaban J connectivity index is 1.22. The SMILES string of the molecule is COc1cc2c(Oc3ccc(N(C(=O)[C@]4(C(N)=O)C[C@H]4C)c4ccc(F)cc4)cc3F)ccnc2cc1OCCCN1CCN(C)CC1. The van der Waals surface area contributed by atoms with Gasteiger partial charge in [0.25, 0.3) is 0 Å². The monoisotopic (exact) mass is 659 g/mol. The number of likely N-dealkylation sites (N-methyl/N-ethyl adjacent to an activating group) is 1. The number of methoxy groups -OCH3 is 1. The summed E-state index contributed by atoms with van der Waals surface area (Å²) < 4.78 is 47.3. The lowest BCUT2D eigenvalue weighted by Gasteiger charge is -2.32. The number of halogens is 2. The highest BCUT2D eigenvalue weighted by Crippen LogP contribution is 2.54. The summed E-state index contributed by atoms with van der Waals surface area (Å²) in [5, 5.41) is 0.580. The highest BCUT2D eigenvalue weighted by atomic mass is 19.1. The highest BCUT2D eigenvalue weighted by molar-refractivity contribution is 6.17. The molecule has 2 aliphatic rings. The van der Waals surface area contributed by atoms with E-state index in [-0.39, 0.29) is 29.5 Å². The van der Waals surface area contributed by atoms with Crippen LogP contribution in [0.3, 0.4) is 0 Å². The molecule has 4 aromatic rings. The van der Waals surface area contributed by atoms with Gasteiger partial charge in [0.15, 0.2) is 23.1 Å². The van der Waals surface area contributed by atoms with Crippen LogP contribution in [0.15, 0.2) is 66.9 Å². The number of anilines is 2. The maximum Gasteiger partial charge on any atom is 0.247 e. The van der Waals surface area contributed by atoms with Crippen LogP contribution in [0.1, 0.15) is 19.8 Å². The van der Waals surface area contributed by atoms with Gasteiger partial charge in [-0.25, -0.2) is 8.78 Å². The quantitative estimate of drug-likeness (QED) is 0.157. The van der Waals surface area contributed by atoms with Gasteiger partial charge in [-0.15, -0.1) is 0 Å². The number of amides is 2. The number of pyridine rings is 1. The molecule has 12 heteroatoms. The molecule has 0 bridgehead atoms. The predicted molar refractivity (Wildman–Crippen MR) is 178 cm³/mol. The van der Waals surface area contributed by atoms with Gasteiger partial charge >= 0.3 is 0 Å². The lowest BCUT2D eigenvalue weighted by molar-refractivity contribution is -0.134. The van der Waals surface area contributed by atoms with Crippen molar-refractivity contribution in [3.63, 3.8) is 0 Å². The number of ether oxygens (including phenoxy) is 3. The number of hydrogen-bond donors (Lipinski definition) is 1. The van der Waals surface area contributed by atoms with E-state index < -0.39 is 28.9 Å². The van der Waals surface area contributed by atoms with E-state index in [0.29, 0.717) is 34.8 Å². The Bertz CT molecular complexity index is 1820. The molecule has 1 saturated carbocycles. The summed E-state index contributed by atoms with van der Waals surface area (Å²) in [5.74, 6) is -1.66. The number of hydrogen-bond acceptors (Lipinski definition) is 8. The van der Waals surface area contributed by atoms with E-state index in [1.165, 1.54) is 41.3 Å². The zero-order chi connectivity index (χ0) is 34.0.